The average Bonchev–Trinajstić information content (AvgIpc) is 2.76. The fraction of sp³-hybridized carbons (Fsp3) is 0. The monoisotopic (exact) mass is 470 g/mol. The molecule has 0 aliphatic rings. The molecule has 0 saturated carbocycles. The molecule has 4 rings (SSSR count). The summed E-state index contributed by atoms with van der Waals surface area (Å²) < 4.78 is 28.5. The number of benzene rings is 4. The van der Waals surface area contributed by atoms with Gasteiger partial charge in [-0.1, -0.05) is 53.5 Å². The predicted molar refractivity (Wildman–Crippen MR) is 126 cm³/mol. The van der Waals surface area contributed by atoms with Gasteiger partial charge < -0.3 is 5.32 Å². The van der Waals surface area contributed by atoms with Crippen LogP contribution in [0, 0.1) is 0 Å². The van der Waals surface area contributed by atoms with Crippen molar-refractivity contribution in [1.82, 2.24) is 0 Å². The van der Waals surface area contributed by atoms with E-state index in [2.05, 4.69) is 10.0 Å². The third-order valence-corrected chi connectivity index (χ3v) is 6.45. The van der Waals surface area contributed by atoms with Crippen molar-refractivity contribution >= 4 is 61.3 Å². The number of carbonyl (C=O) groups excluding carboxylic acids is 1. The number of hydrogen-bond donors (Lipinski definition) is 2. The number of amides is 1. The number of nitrogens with one attached hydrogen (secondary N) is 2. The van der Waals surface area contributed by atoms with Crippen LogP contribution < -0.4 is 10.0 Å². The normalized spacial score (nSPS) is 11.3. The van der Waals surface area contributed by atoms with Gasteiger partial charge in [-0.3, -0.25) is 9.52 Å². The standard InChI is InChI=1S/C23H16Cl2N2O3S/c24-17-6-9-19(10-7-17)26-23(28)21-14-18(25)8-12-22(21)27-31(29,30)20-11-5-15-3-1-2-4-16(15)13-20/h1-14,27H,(H,26,28). The first-order valence-corrected chi connectivity index (χ1v) is 11.4. The topological polar surface area (TPSA) is 75.3 Å². The van der Waals surface area contributed by atoms with E-state index in [0.717, 1.165) is 10.8 Å². The van der Waals surface area contributed by atoms with Gasteiger partial charge in [0, 0.05) is 15.7 Å². The van der Waals surface area contributed by atoms with Crippen LogP contribution in [0.1, 0.15) is 10.4 Å². The lowest BCUT2D eigenvalue weighted by Crippen LogP contribution is -2.18. The molecular formula is C23H16Cl2N2O3S. The molecule has 0 aliphatic carbocycles. The van der Waals surface area contributed by atoms with Gasteiger partial charge in [-0.05, 0) is 65.4 Å². The molecule has 1 amide bonds. The Balaban J connectivity index is 1.65. The molecule has 0 spiro atoms. The van der Waals surface area contributed by atoms with Crippen LogP contribution in [-0.4, -0.2) is 14.3 Å². The Kier molecular flexibility index (Phi) is 5.87. The first kappa shape index (κ1) is 21.2. The van der Waals surface area contributed by atoms with E-state index in [1.807, 2.05) is 24.3 Å². The smallest absolute Gasteiger partial charge is 0.261 e. The maximum Gasteiger partial charge on any atom is 0.261 e. The summed E-state index contributed by atoms with van der Waals surface area (Å²) in [7, 11) is -3.94. The molecule has 0 radical (unpaired) electrons. The highest BCUT2D eigenvalue weighted by Gasteiger charge is 2.20. The van der Waals surface area contributed by atoms with Crippen molar-refractivity contribution in [3.63, 3.8) is 0 Å². The molecule has 0 heterocycles. The van der Waals surface area contributed by atoms with Gasteiger partial charge >= 0.3 is 0 Å². The van der Waals surface area contributed by atoms with E-state index in [0.29, 0.717) is 15.7 Å². The zero-order chi connectivity index (χ0) is 22.0. The number of hydrogen-bond acceptors (Lipinski definition) is 3. The molecule has 0 saturated heterocycles. The summed E-state index contributed by atoms with van der Waals surface area (Å²) in [4.78, 5) is 12.9. The van der Waals surface area contributed by atoms with E-state index in [4.69, 9.17) is 23.2 Å². The molecule has 0 atom stereocenters. The van der Waals surface area contributed by atoms with Gasteiger partial charge in [0.25, 0.3) is 15.9 Å². The van der Waals surface area contributed by atoms with E-state index in [1.165, 1.54) is 24.3 Å². The van der Waals surface area contributed by atoms with Crippen LogP contribution in [-0.2, 0) is 10.0 Å². The zero-order valence-corrected chi connectivity index (χ0v) is 18.3. The number of fused-ring (bicyclic) bond motifs is 1. The van der Waals surface area contributed by atoms with Crippen molar-refractivity contribution in [2.45, 2.75) is 4.90 Å². The molecule has 0 bridgehead atoms. The second-order valence-corrected chi connectivity index (χ2v) is 9.32. The molecule has 8 heteroatoms. The second kappa shape index (κ2) is 8.59. The Labute approximate surface area is 189 Å². The Bertz CT molecular complexity index is 1390. The molecule has 156 valence electrons. The summed E-state index contributed by atoms with van der Waals surface area (Å²) in [6.45, 7) is 0. The van der Waals surface area contributed by atoms with Crippen LogP contribution >= 0.6 is 23.2 Å². The average molecular weight is 471 g/mol. The van der Waals surface area contributed by atoms with Gasteiger partial charge in [0.2, 0.25) is 0 Å². The predicted octanol–water partition coefficient (Wildman–Crippen LogP) is 6.20. The largest absolute Gasteiger partial charge is 0.322 e. The van der Waals surface area contributed by atoms with Crippen LogP contribution in [0.25, 0.3) is 10.8 Å². The maximum absolute atomic E-state index is 13.0. The van der Waals surface area contributed by atoms with Gasteiger partial charge in [0.05, 0.1) is 16.1 Å². The molecule has 0 fully saturated rings. The van der Waals surface area contributed by atoms with Gasteiger partial charge in [-0.2, -0.15) is 0 Å². The molecule has 0 unspecified atom stereocenters. The molecule has 5 nitrogen and oxygen atoms in total. The van der Waals surface area contributed by atoms with Gasteiger partial charge in [-0.15, -0.1) is 0 Å². The summed E-state index contributed by atoms with van der Waals surface area (Å²) in [5, 5.41) is 5.27. The number of rotatable bonds is 5. The summed E-state index contributed by atoms with van der Waals surface area (Å²) in [6, 6.07) is 23.2. The van der Waals surface area contributed by atoms with E-state index < -0.39 is 15.9 Å². The first-order chi connectivity index (χ1) is 14.8. The Hall–Kier alpha value is -3.06. The van der Waals surface area contributed by atoms with E-state index in [-0.39, 0.29) is 16.1 Å². The lowest BCUT2D eigenvalue weighted by molar-refractivity contribution is 0.102. The van der Waals surface area contributed by atoms with Crippen molar-refractivity contribution in [2.75, 3.05) is 10.0 Å². The number of halogens is 2. The number of carbonyl (C=O) groups is 1. The molecule has 0 aromatic heterocycles. The fourth-order valence-electron chi connectivity index (χ4n) is 3.06. The van der Waals surface area contributed by atoms with Crippen LogP contribution in [0.4, 0.5) is 11.4 Å². The molecule has 2 N–H and O–H groups in total. The number of anilines is 2. The number of sulfonamides is 1. The Morgan fingerprint density at radius 2 is 1.42 bits per heavy atom. The third kappa shape index (κ3) is 4.82. The van der Waals surface area contributed by atoms with Crippen molar-refractivity contribution in [3.05, 3.63) is 101 Å². The van der Waals surface area contributed by atoms with Gasteiger partial charge in [-0.25, -0.2) is 8.42 Å². The third-order valence-electron chi connectivity index (χ3n) is 4.60. The molecule has 4 aromatic rings. The van der Waals surface area contributed by atoms with Gasteiger partial charge in [0.1, 0.15) is 0 Å². The second-order valence-electron chi connectivity index (χ2n) is 6.77. The summed E-state index contributed by atoms with van der Waals surface area (Å²) >= 11 is 11.9. The summed E-state index contributed by atoms with van der Waals surface area (Å²) in [5.74, 6) is -0.513. The summed E-state index contributed by atoms with van der Waals surface area (Å²) in [5.41, 5.74) is 0.716. The van der Waals surface area contributed by atoms with Crippen LogP contribution in [0.3, 0.4) is 0 Å². The van der Waals surface area contributed by atoms with E-state index in [1.54, 1.807) is 36.4 Å². The van der Waals surface area contributed by atoms with Gasteiger partial charge in [0.15, 0.2) is 0 Å². The quantitative estimate of drug-likeness (QED) is 0.364. The van der Waals surface area contributed by atoms with Crippen molar-refractivity contribution in [2.24, 2.45) is 0 Å². The molecule has 4 aromatic carbocycles. The highest BCUT2D eigenvalue weighted by Crippen LogP contribution is 2.26. The first-order valence-electron chi connectivity index (χ1n) is 9.20. The highest BCUT2D eigenvalue weighted by molar-refractivity contribution is 7.92. The lowest BCUT2D eigenvalue weighted by Gasteiger charge is -2.14. The minimum absolute atomic E-state index is 0.0882. The molecular weight excluding hydrogens is 455 g/mol. The lowest BCUT2D eigenvalue weighted by atomic mass is 10.1. The van der Waals surface area contributed by atoms with Crippen LogP contribution in [0.15, 0.2) is 89.8 Å². The molecule has 0 aliphatic heterocycles. The van der Waals surface area contributed by atoms with Crippen molar-refractivity contribution in [3.8, 4) is 0 Å². The van der Waals surface area contributed by atoms with E-state index >= 15 is 0 Å². The Morgan fingerprint density at radius 1 is 0.742 bits per heavy atom. The van der Waals surface area contributed by atoms with Crippen LogP contribution in [0.5, 0.6) is 0 Å². The summed E-state index contributed by atoms with van der Waals surface area (Å²) in [6.07, 6.45) is 0. The Morgan fingerprint density at radius 3 is 2.16 bits per heavy atom. The van der Waals surface area contributed by atoms with Crippen molar-refractivity contribution in [1.29, 1.82) is 0 Å². The maximum atomic E-state index is 13.0. The van der Waals surface area contributed by atoms with E-state index in [9.17, 15) is 13.2 Å². The minimum Gasteiger partial charge on any atom is -0.322 e. The van der Waals surface area contributed by atoms with Crippen molar-refractivity contribution < 1.29 is 13.2 Å². The fourth-order valence-corrected chi connectivity index (χ4v) is 4.48. The minimum atomic E-state index is -3.94. The highest BCUT2D eigenvalue weighted by atomic mass is 35.5. The van der Waals surface area contributed by atoms with Crippen LogP contribution in [0.2, 0.25) is 10.0 Å². The zero-order valence-electron chi connectivity index (χ0n) is 16.0. The molecule has 31 heavy (non-hydrogen) atoms. The SMILES string of the molecule is O=C(Nc1ccc(Cl)cc1)c1cc(Cl)ccc1NS(=O)(=O)c1ccc2ccccc2c1.